The highest BCUT2D eigenvalue weighted by atomic mass is 32.1. The van der Waals surface area contributed by atoms with Crippen LogP contribution in [0.3, 0.4) is 0 Å². The average Bonchev–Trinajstić information content (AvgIpc) is 3.13. The van der Waals surface area contributed by atoms with E-state index >= 15 is 0 Å². The van der Waals surface area contributed by atoms with E-state index in [0.717, 1.165) is 16.2 Å². The molecule has 6 nitrogen and oxygen atoms in total. The Morgan fingerprint density at radius 2 is 1.82 bits per heavy atom. The first-order chi connectivity index (χ1) is 15.4. The third-order valence-electron chi connectivity index (χ3n) is 4.21. The van der Waals surface area contributed by atoms with Gasteiger partial charge < -0.3 is 20.1 Å². The summed E-state index contributed by atoms with van der Waals surface area (Å²) in [6.07, 6.45) is -4.24. The van der Waals surface area contributed by atoms with Gasteiger partial charge in [-0.25, -0.2) is 9.97 Å². The molecular formula is C23H29F3N4O2S. The van der Waals surface area contributed by atoms with Gasteiger partial charge in [-0.1, -0.05) is 0 Å². The predicted molar refractivity (Wildman–Crippen MR) is 126 cm³/mol. The van der Waals surface area contributed by atoms with E-state index < -0.39 is 18.3 Å². The van der Waals surface area contributed by atoms with Crippen molar-refractivity contribution < 1.29 is 22.6 Å². The standard InChI is InChI=1S/C23H29F3N4O2S/c1-14(2)28-21-30-19(12-33-21)18-11-20(32-22(3,4)5)16-7-6-15(10-17(16)29-18)31-9-8-27-13-23(24,25)26/h6-7,10-12,14,27H,8-9,13H2,1-5H3,(H,28,30). The van der Waals surface area contributed by atoms with Gasteiger partial charge in [0.15, 0.2) is 5.13 Å². The van der Waals surface area contributed by atoms with E-state index in [0.29, 0.717) is 22.7 Å². The van der Waals surface area contributed by atoms with Crippen LogP contribution in [0, 0.1) is 0 Å². The van der Waals surface area contributed by atoms with Gasteiger partial charge in [-0.15, -0.1) is 11.3 Å². The van der Waals surface area contributed by atoms with Crippen LogP contribution in [0.2, 0.25) is 0 Å². The number of alkyl halides is 3. The van der Waals surface area contributed by atoms with Crippen LogP contribution in [0.15, 0.2) is 29.6 Å². The van der Waals surface area contributed by atoms with Crippen LogP contribution in [0.25, 0.3) is 22.3 Å². The third kappa shape index (κ3) is 7.75. The summed E-state index contributed by atoms with van der Waals surface area (Å²) in [4.78, 5) is 9.39. The zero-order valence-electron chi connectivity index (χ0n) is 19.3. The highest BCUT2D eigenvalue weighted by molar-refractivity contribution is 7.14. The number of benzene rings is 1. The Hall–Kier alpha value is -2.59. The Morgan fingerprint density at radius 1 is 1.06 bits per heavy atom. The quantitative estimate of drug-likeness (QED) is 0.371. The van der Waals surface area contributed by atoms with Gasteiger partial charge in [0, 0.05) is 35.5 Å². The molecule has 3 rings (SSSR count). The number of nitrogens with zero attached hydrogens (tertiary/aromatic N) is 2. The average molecular weight is 483 g/mol. The van der Waals surface area contributed by atoms with Crippen molar-refractivity contribution in [3.8, 4) is 22.9 Å². The molecule has 0 aliphatic rings. The number of fused-ring (bicyclic) bond motifs is 1. The number of halogens is 3. The van der Waals surface area contributed by atoms with Gasteiger partial charge in [-0.3, -0.25) is 0 Å². The number of nitrogens with one attached hydrogen (secondary N) is 2. The fourth-order valence-corrected chi connectivity index (χ4v) is 3.84. The van der Waals surface area contributed by atoms with Gasteiger partial charge in [-0.05, 0) is 46.8 Å². The van der Waals surface area contributed by atoms with Gasteiger partial charge >= 0.3 is 6.18 Å². The molecule has 0 saturated carbocycles. The summed E-state index contributed by atoms with van der Waals surface area (Å²) < 4.78 is 48.6. The second kappa shape index (κ2) is 10.1. The summed E-state index contributed by atoms with van der Waals surface area (Å²) in [6, 6.07) is 7.51. The molecule has 0 unspecified atom stereocenters. The Labute approximate surface area is 195 Å². The topological polar surface area (TPSA) is 68.3 Å². The van der Waals surface area contributed by atoms with Gasteiger partial charge in [0.25, 0.3) is 0 Å². The predicted octanol–water partition coefficient (Wildman–Crippen LogP) is 5.89. The number of thiazole rings is 1. The lowest BCUT2D eigenvalue weighted by Crippen LogP contribution is -2.31. The van der Waals surface area contributed by atoms with Crippen molar-refractivity contribution in [2.24, 2.45) is 0 Å². The lowest BCUT2D eigenvalue weighted by atomic mass is 10.1. The van der Waals surface area contributed by atoms with Crippen LogP contribution in [0.4, 0.5) is 18.3 Å². The maximum absolute atomic E-state index is 12.2. The summed E-state index contributed by atoms with van der Waals surface area (Å²) in [6.45, 7) is 9.13. The van der Waals surface area contributed by atoms with E-state index in [1.807, 2.05) is 52.1 Å². The Balaban J connectivity index is 1.86. The van der Waals surface area contributed by atoms with Gasteiger partial charge in [0.2, 0.25) is 0 Å². The second-order valence-corrected chi connectivity index (χ2v) is 9.73. The van der Waals surface area contributed by atoms with Crippen LogP contribution in [-0.4, -0.2) is 47.5 Å². The highest BCUT2D eigenvalue weighted by Crippen LogP contribution is 2.35. The van der Waals surface area contributed by atoms with Crippen LogP contribution >= 0.6 is 11.3 Å². The SMILES string of the molecule is CC(C)Nc1nc(-c2cc(OC(C)(C)C)c3ccc(OCCNCC(F)(F)F)cc3n2)cs1. The molecule has 0 aliphatic heterocycles. The maximum Gasteiger partial charge on any atom is 0.401 e. The van der Waals surface area contributed by atoms with E-state index in [1.54, 1.807) is 12.1 Å². The van der Waals surface area contributed by atoms with Crippen LogP contribution in [-0.2, 0) is 0 Å². The van der Waals surface area contributed by atoms with E-state index in [-0.39, 0.29) is 19.2 Å². The summed E-state index contributed by atoms with van der Waals surface area (Å²) >= 11 is 1.50. The minimum Gasteiger partial charge on any atom is -0.492 e. The molecule has 0 spiro atoms. The fraction of sp³-hybridized carbons (Fsp3) is 0.478. The molecule has 0 fully saturated rings. The molecule has 33 heavy (non-hydrogen) atoms. The highest BCUT2D eigenvalue weighted by Gasteiger charge is 2.26. The molecule has 0 amide bonds. The van der Waals surface area contributed by atoms with E-state index in [9.17, 15) is 13.2 Å². The van der Waals surface area contributed by atoms with E-state index in [4.69, 9.17) is 14.5 Å². The van der Waals surface area contributed by atoms with Crippen molar-refractivity contribution in [1.29, 1.82) is 0 Å². The molecular weight excluding hydrogens is 453 g/mol. The molecule has 2 N–H and O–H groups in total. The smallest absolute Gasteiger partial charge is 0.401 e. The van der Waals surface area contributed by atoms with E-state index in [2.05, 4.69) is 15.6 Å². The molecule has 0 bridgehead atoms. The zero-order chi connectivity index (χ0) is 24.2. The molecule has 0 radical (unpaired) electrons. The van der Waals surface area contributed by atoms with Crippen molar-refractivity contribution in [1.82, 2.24) is 15.3 Å². The molecule has 1 aromatic carbocycles. The molecule has 10 heteroatoms. The minimum absolute atomic E-state index is 0.0772. The van der Waals surface area contributed by atoms with Gasteiger partial charge in [-0.2, -0.15) is 13.2 Å². The molecule has 0 saturated heterocycles. The number of hydrogen-bond donors (Lipinski definition) is 2. The molecule has 0 atom stereocenters. The first-order valence-corrected chi connectivity index (χ1v) is 11.5. The number of pyridine rings is 1. The fourth-order valence-electron chi connectivity index (χ4n) is 2.99. The lowest BCUT2D eigenvalue weighted by molar-refractivity contribution is -0.124. The van der Waals surface area contributed by atoms with Crippen LogP contribution in [0.1, 0.15) is 34.6 Å². The molecule has 180 valence electrons. The number of aromatic nitrogens is 2. The molecule has 2 aromatic heterocycles. The van der Waals surface area contributed by atoms with Crippen LogP contribution < -0.4 is 20.1 Å². The van der Waals surface area contributed by atoms with Crippen molar-refractivity contribution in [2.45, 2.75) is 52.4 Å². The van der Waals surface area contributed by atoms with Crippen molar-refractivity contribution >= 4 is 27.4 Å². The third-order valence-corrected chi connectivity index (χ3v) is 4.98. The van der Waals surface area contributed by atoms with Gasteiger partial charge in [0.05, 0.1) is 17.8 Å². The first-order valence-electron chi connectivity index (χ1n) is 10.7. The molecule has 2 heterocycles. The number of hydrogen-bond acceptors (Lipinski definition) is 7. The summed E-state index contributed by atoms with van der Waals surface area (Å²) in [5.41, 5.74) is 1.63. The van der Waals surface area contributed by atoms with Crippen molar-refractivity contribution in [3.63, 3.8) is 0 Å². The van der Waals surface area contributed by atoms with E-state index in [1.165, 1.54) is 11.3 Å². The lowest BCUT2D eigenvalue weighted by Gasteiger charge is -2.23. The first kappa shape index (κ1) is 25.0. The Kier molecular flexibility index (Phi) is 7.69. The van der Waals surface area contributed by atoms with Crippen molar-refractivity contribution in [2.75, 3.05) is 25.0 Å². The summed E-state index contributed by atoms with van der Waals surface area (Å²) in [5, 5.41) is 9.16. The monoisotopic (exact) mass is 482 g/mol. The second-order valence-electron chi connectivity index (χ2n) is 8.88. The summed E-state index contributed by atoms with van der Waals surface area (Å²) in [5.74, 6) is 1.19. The Bertz CT molecular complexity index is 1080. The van der Waals surface area contributed by atoms with Crippen LogP contribution in [0.5, 0.6) is 11.5 Å². The Morgan fingerprint density at radius 3 is 2.48 bits per heavy atom. The van der Waals surface area contributed by atoms with Crippen molar-refractivity contribution in [3.05, 3.63) is 29.6 Å². The number of rotatable bonds is 9. The normalized spacial score (nSPS) is 12.4. The summed E-state index contributed by atoms with van der Waals surface area (Å²) in [7, 11) is 0. The zero-order valence-corrected chi connectivity index (χ0v) is 20.2. The molecule has 0 aliphatic carbocycles. The molecule has 3 aromatic rings. The largest absolute Gasteiger partial charge is 0.492 e. The van der Waals surface area contributed by atoms with Gasteiger partial charge in [0.1, 0.15) is 29.4 Å². The minimum atomic E-state index is -4.24. The maximum atomic E-state index is 12.2. The number of anilines is 1. The number of ether oxygens (including phenoxy) is 2.